The van der Waals surface area contributed by atoms with Crippen molar-refractivity contribution >= 4 is 51.0 Å². The van der Waals surface area contributed by atoms with Crippen LogP contribution < -0.4 is 0 Å². The zero-order valence-corrected chi connectivity index (χ0v) is 13.8. The molecule has 0 fully saturated rings. The average molecular weight is 348 g/mol. The van der Waals surface area contributed by atoms with E-state index in [1.165, 1.54) is 3.79 Å². The summed E-state index contributed by atoms with van der Waals surface area (Å²) in [4.78, 5) is 0. The summed E-state index contributed by atoms with van der Waals surface area (Å²) in [5, 5.41) is 6.92. The molecule has 0 bridgehead atoms. The molecule has 2 rings (SSSR count). The summed E-state index contributed by atoms with van der Waals surface area (Å²) >= 11 is 6.58. The Balaban J connectivity index is 0. The fourth-order valence-corrected chi connectivity index (χ4v) is 1.77. The zero-order chi connectivity index (χ0) is 7.94. The summed E-state index contributed by atoms with van der Waals surface area (Å²) < 4.78 is 1.20. The first-order valence-electron chi connectivity index (χ1n) is 2.98. The maximum Gasteiger partial charge on any atom is 0.0698 e. The van der Waals surface area contributed by atoms with E-state index in [0.29, 0.717) is 0 Å². The molecule has 68 valence electrons. The Labute approximate surface area is 114 Å². The van der Waals surface area contributed by atoms with Crippen LogP contribution >= 0.6 is 51.0 Å². The van der Waals surface area contributed by atoms with Crippen molar-refractivity contribution in [3.8, 4) is 0 Å². The molecular formula is C8H7BrClS2Zn-. The van der Waals surface area contributed by atoms with Crippen LogP contribution in [0.1, 0.15) is 0 Å². The van der Waals surface area contributed by atoms with Gasteiger partial charge in [-0.25, -0.2) is 6.07 Å². The molecule has 0 atom stereocenters. The fourth-order valence-electron chi connectivity index (χ4n) is 0.455. The van der Waals surface area contributed by atoms with Gasteiger partial charge in [-0.05, 0) is 27.4 Å². The quantitative estimate of drug-likeness (QED) is 0.487. The number of hydrogen-bond donors (Lipinski definition) is 0. The van der Waals surface area contributed by atoms with Gasteiger partial charge in [0, 0.05) is 19.5 Å². The molecule has 13 heavy (non-hydrogen) atoms. The Kier molecular flexibility index (Phi) is 13.6. The fraction of sp³-hybridized carbons (Fsp3) is 0. The second-order valence-corrected chi connectivity index (χ2v) is 4.72. The van der Waals surface area contributed by atoms with Gasteiger partial charge < -0.3 is 11.3 Å². The summed E-state index contributed by atoms with van der Waals surface area (Å²) in [6.07, 6.45) is 0. The second-order valence-electron chi connectivity index (χ2n) is 1.65. The molecule has 0 nitrogen and oxygen atoms in total. The van der Waals surface area contributed by atoms with E-state index in [1.54, 1.807) is 22.7 Å². The van der Waals surface area contributed by atoms with Crippen molar-refractivity contribution in [3.63, 3.8) is 0 Å². The molecule has 0 amide bonds. The second kappa shape index (κ2) is 10.9. The third-order valence-electron chi connectivity index (χ3n) is 0.865. The molecule has 0 unspecified atom stereocenters. The van der Waals surface area contributed by atoms with Crippen LogP contribution in [-0.2, 0) is 19.5 Å². The average Bonchev–Trinajstić information content (AvgIpc) is 2.57. The SMILES string of the molecule is Brc1cccs1.Cl.[Zn].[c-]1cccs1. The van der Waals surface area contributed by atoms with Crippen LogP contribution in [0.25, 0.3) is 0 Å². The Hall–Kier alpha value is 0.793. The maximum absolute atomic E-state index is 3.30. The molecule has 0 spiro atoms. The minimum Gasteiger partial charge on any atom is -0.304 e. The van der Waals surface area contributed by atoms with Crippen molar-refractivity contribution in [1.82, 2.24) is 0 Å². The molecule has 2 aromatic rings. The van der Waals surface area contributed by atoms with E-state index >= 15 is 0 Å². The van der Waals surface area contributed by atoms with E-state index in [-0.39, 0.29) is 31.9 Å². The molecule has 2 aromatic heterocycles. The minimum atomic E-state index is 0. The Morgan fingerprint density at radius 3 is 2.15 bits per heavy atom. The van der Waals surface area contributed by atoms with Crippen molar-refractivity contribution in [3.05, 3.63) is 44.2 Å². The predicted octanol–water partition coefficient (Wildman–Crippen LogP) is 4.48. The van der Waals surface area contributed by atoms with Gasteiger partial charge in [0.05, 0.1) is 3.79 Å². The molecule has 0 saturated carbocycles. The summed E-state index contributed by atoms with van der Waals surface area (Å²) in [5.74, 6) is 0. The van der Waals surface area contributed by atoms with Crippen LogP contribution in [0.15, 0.2) is 38.8 Å². The maximum atomic E-state index is 3.30. The zero-order valence-electron chi connectivity index (χ0n) is 6.77. The number of thiophene rings is 2. The third-order valence-corrected chi connectivity index (χ3v) is 2.91. The number of halogens is 2. The molecule has 0 radical (unpaired) electrons. The predicted molar refractivity (Wildman–Crippen MR) is 62.4 cm³/mol. The molecule has 0 aliphatic carbocycles. The smallest absolute Gasteiger partial charge is 0.0698 e. The first-order chi connectivity index (χ1) is 5.39. The van der Waals surface area contributed by atoms with Crippen LogP contribution in [0, 0.1) is 5.38 Å². The normalized spacial score (nSPS) is 7.15. The third kappa shape index (κ3) is 9.11. The summed E-state index contributed by atoms with van der Waals surface area (Å²) in [6.45, 7) is 0. The Morgan fingerprint density at radius 2 is 2.00 bits per heavy atom. The van der Waals surface area contributed by atoms with Gasteiger partial charge in [0.25, 0.3) is 0 Å². The van der Waals surface area contributed by atoms with Gasteiger partial charge in [-0.1, -0.05) is 6.07 Å². The van der Waals surface area contributed by atoms with E-state index in [1.807, 2.05) is 35.0 Å². The van der Waals surface area contributed by atoms with Crippen molar-refractivity contribution in [1.29, 1.82) is 0 Å². The van der Waals surface area contributed by atoms with Gasteiger partial charge >= 0.3 is 0 Å². The van der Waals surface area contributed by atoms with Crippen LogP contribution in [0.5, 0.6) is 0 Å². The molecule has 0 aliphatic heterocycles. The van der Waals surface area contributed by atoms with Crippen molar-refractivity contribution < 1.29 is 19.5 Å². The molecule has 2 heterocycles. The van der Waals surface area contributed by atoms with Gasteiger partial charge in [-0.15, -0.1) is 29.1 Å². The molecule has 0 aliphatic rings. The van der Waals surface area contributed by atoms with Crippen LogP contribution in [0.4, 0.5) is 0 Å². The van der Waals surface area contributed by atoms with Crippen molar-refractivity contribution in [2.24, 2.45) is 0 Å². The molecule has 0 aromatic carbocycles. The molecule has 0 N–H and O–H groups in total. The van der Waals surface area contributed by atoms with E-state index in [2.05, 4.69) is 21.3 Å². The van der Waals surface area contributed by atoms with Gasteiger partial charge in [0.15, 0.2) is 0 Å². The van der Waals surface area contributed by atoms with Crippen LogP contribution in [0.2, 0.25) is 0 Å². The molecular weight excluding hydrogens is 341 g/mol. The topological polar surface area (TPSA) is 0 Å². The Bertz CT molecular complexity index is 240. The first-order valence-corrected chi connectivity index (χ1v) is 5.53. The van der Waals surface area contributed by atoms with E-state index in [0.717, 1.165) is 0 Å². The van der Waals surface area contributed by atoms with E-state index in [4.69, 9.17) is 0 Å². The van der Waals surface area contributed by atoms with Crippen LogP contribution in [0.3, 0.4) is 0 Å². The van der Waals surface area contributed by atoms with Gasteiger partial charge in [0.1, 0.15) is 0 Å². The standard InChI is InChI=1S/C4H3BrS.C4H3S.ClH.Zn/c5-4-2-1-3-6-4;1-2-4-5-3-1;;/h1-3H;1-3H;1H;/q;-1;;. The summed E-state index contributed by atoms with van der Waals surface area (Å²) in [5.41, 5.74) is 0. The van der Waals surface area contributed by atoms with Crippen LogP contribution in [-0.4, -0.2) is 0 Å². The summed E-state index contributed by atoms with van der Waals surface area (Å²) in [6, 6.07) is 7.88. The monoisotopic (exact) mass is 345 g/mol. The summed E-state index contributed by atoms with van der Waals surface area (Å²) in [7, 11) is 0. The first kappa shape index (κ1) is 16.2. The Morgan fingerprint density at radius 1 is 1.23 bits per heavy atom. The van der Waals surface area contributed by atoms with E-state index in [9.17, 15) is 0 Å². The van der Waals surface area contributed by atoms with Gasteiger partial charge in [-0.3, -0.25) is 0 Å². The van der Waals surface area contributed by atoms with Crippen molar-refractivity contribution in [2.75, 3.05) is 0 Å². The van der Waals surface area contributed by atoms with Gasteiger partial charge in [-0.2, -0.15) is 11.4 Å². The number of hydrogen-bond acceptors (Lipinski definition) is 2. The number of rotatable bonds is 0. The van der Waals surface area contributed by atoms with E-state index < -0.39 is 0 Å². The van der Waals surface area contributed by atoms with Crippen molar-refractivity contribution in [2.45, 2.75) is 0 Å². The van der Waals surface area contributed by atoms with Gasteiger partial charge in [0.2, 0.25) is 0 Å². The largest absolute Gasteiger partial charge is 0.304 e. The minimum absolute atomic E-state index is 0. The molecule has 5 heteroatoms. The molecule has 0 saturated heterocycles.